The van der Waals surface area contributed by atoms with Crippen LogP contribution in [-0.4, -0.2) is 45.1 Å². The molecule has 0 bridgehead atoms. The third-order valence-electron chi connectivity index (χ3n) is 6.15. The summed E-state index contributed by atoms with van der Waals surface area (Å²) in [6.07, 6.45) is -0.455. The maximum absolute atomic E-state index is 14.1. The Morgan fingerprint density at radius 1 is 1.19 bits per heavy atom. The van der Waals surface area contributed by atoms with Crippen molar-refractivity contribution in [3.05, 3.63) is 94.3 Å². The van der Waals surface area contributed by atoms with Crippen LogP contribution in [0, 0.1) is 11.7 Å². The van der Waals surface area contributed by atoms with E-state index in [1.807, 2.05) is 30.3 Å². The second-order valence-corrected chi connectivity index (χ2v) is 8.61. The van der Waals surface area contributed by atoms with Crippen molar-refractivity contribution >= 4 is 17.5 Å². The molecular formula is C25H26FN5O5. The number of carbonyl (C=O) groups is 2. The number of benzene rings is 2. The molecule has 0 aliphatic carbocycles. The Morgan fingerprint density at radius 3 is 2.47 bits per heavy atom. The van der Waals surface area contributed by atoms with E-state index in [0.717, 1.165) is 11.8 Å². The maximum atomic E-state index is 14.1. The van der Waals surface area contributed by atoms with Crippen molar-refractivity contribution in [2.75, 3.05) is 12.3 Å². The number of aromatic nitrogens is 2. The summed E-state index contributed by atoms with van der Waals surface area (Å²) in [5, 5.41) is 12.7. The summed E-state index contributed by atoms with van der Waals surface area (Å²) in [4.78, 5) is 42.4. The van der Waals surface area contributed by atoms with Crippen LogP contribution < -0.4 is 22.5 Å². The van der Waals surface area contributed by atoms with Gasteiger partial charge in [0.2, 0.25) is 5.85 Å². The lowest BCUT2D eigenvalue weighted by molar-refractivity contribution is -0.130. The molecule has 4 rings (SSSR count). The smallest absolute Gasteiger partial charge is 0.353 e. The van der Waals surface area contributed by atoms with E-state index in [1.165, 1.54) is 0 Å². The number of Topliss-reactive ketones (excluding diaryl/α,β-unsaturated/α-hetero) is 1. The number of nitrogen functional groups attached to an aromatic ring is 1. The molecule has 0 saturated carbocycles. The van der Waals surface area contributed by atoms with Gasteiger partial charge in [0.15, 0.2) is 17.4 Å². The van der Waals surface area contributed by atoms with Crippen LogP contribution in [0.1, 0.15) is 22.3 Å². The molecule has 1 aliphatic heterocycles. The molecule has 36 heavy (non-hydrogen) atoms. The molecule has 3 aromatic rings. The van der Waals surface area contributed by atoms with Crippen LogP contribution in [0.3, 0.4) is 0 Å². The molecule has 1 saturated heterocycles. The maximum Gasteiger partial charge on any atom is 0.353 e. The van der Waals surface area contributed by atoms with Gasteiger partial charge in [-0.15, -0.1) is 0 Å². The Bertz CT molecular complexity index is 1300. The predicted octanol–water partition coefficient (Wildman–Crippen LogP) is 0.541. The second-order valence-electron chi connectivity index (χ2n) is 8.61. The van der Waals surface area contributed by atoms with E-state index >= 15 is 0 Å². The van der Waals surface area contributed by atoms with Crippen LogP contribution in [-0.2, 0) is 21.8 Å². The molecule has 2 aromatic carbocycles. The summed E-state index contributed by atoms with van der Waals surface area (Å²) in [6.45, 7) is -0.598. The molecular weight excluding hydrogens is 469 g/mol. The number of halogens is 1. The first-order valence-corrected chi connectivity index (χ1v) is 11.3. The van der Waals surface area contributed by atoms with E-state index < -0.39 is 59.5 Å². The molecule has 0 radical (unpaired) electrons. The summed E-state index contributed by atoms with van der Waals surface area (Å²) in [6, 6.07) is 16.5. The number of nitrogens with zero attached hydrogens (tertiary/aromatic N) is 2. The highest BCUT2D eigenvalue weighted by molar-refractivity contribution is 5.98. The molecule has 1 aliphatic rings. The molecule has 1 amide bonds. The zero-order valence-electron chi connectivity index (χ0n) is 19.2. The predicted molar refractivity (Wildman–Crippen MR) is 128 cm³/mol. The van der Waals surface area contributed by atoms with E-state index in [4.69, 9.17) is 16.2 Å². The van der Waals surface area contributed by atoms with Crippen molar-refractivity contribution in [1.82, 2.24) is 14.9 Å². The number of hydrogen-bond donors (Lipinski definition) is 4. The average molecular weight is 496 g/mol. The van der Waals surface area contributed by atoms with Crippen molar-refractivity contribution in [3.63, 3.8) is 0 Å². The summed E-state index contributed by atoms with van der Waals surface area (Å²) in [5.41, 5.74) is 11.8. The number of ether oxygens (including phenoxy) is 1. The Kier molecular flexibility index (Phi) is 7.25. The van der Waals surface area contributed by atoms with Crippen LogP contribution in [0.5, 0.6) is 0 Å². The van der Waals surface area contributed by atoms with Gasteiger partial charge < -0.3 is 20.9 Å². The Hall–Kier alpha value is -3.93. The van der Waals surface area contributed by atoms with Gasteiger partial charge in [0.05, 0.1) is 30.9 Å². The number of nitrogens with one attached hydrogen (secondary N) is 1. The third-order valence-corrected chi connectivity index (χ3v) is 6.15. The largest absolute Gasteiger partial charge is 0.394 e. The quantitative estimate of drug-likeness (QED) is 0.352. The Balaban J connectivity index is 1.64. The van der Waals surface area contributed by atoms with Crippen molar-refractivity contribution < 1.29 is 23.8 Å². The van der Waals surface area contributed by atoms with Crippen LogP contribution in [0.2, 0.25) is 0 Å². The van der Waals surface area contributed by atoms with Crippen LogP contribution in [0.25, 0.3) is 0 Å². The average Bonchev–Trinajstić information content (AvgIpc) is 3.24. The van der Waals surface area contributed by atoms with Crippen LogP contribution >= 0.6 is 0 Å². The molecule has 10 nitrogen and oxygen atoms in total. The van der Waals surface area contributed by atoms with Crippen molar-refractivity contribution in [1.29, 1.82) is 0 Å². The minimum Gasteiger partial charge on any atom is -0.394 e. The first-order chi connectivity index (χ1) is 17.2. The lowest BCUT2D eigenvalue weighted by Crippen LogP contribution is -2.50. The van der Waals surface area contributed by atoms with Crippen molar-refractivity contribution in [2.45, 2.75) is 30.8 Å². The number of anilines is 1. The molecule has 1 aromatic heterocycles. The first-order valence-electron chi connectivity index (χ1n) is 11.3. The number of hydrogen-bond acceptors (Lipinski definition) is 8. The van der Waals surface area contributed by atoms with E-state index in [1.54, 1.807) is 30.3 Å². The molecule has 188 valence electrons. The minimum atomic E-state index is -1.97. The van der Waals surface area contributed by atoms with Gasteiger partial charge in [-0.2, -0.15) is 4.98 Å². The van der Waals surface area contributed by atoms with E-state index in [2.05, 4.69) is 10.3 Å². The fraction of sp³-hybridized carbons (Fsp3) is 0.280. The summed E-state index contributed by atoms with van der Waals surface area (Å²) in [7, 11) is 0. The highest BCUT2D eigenvalue weighted by atomic mass is 19.1. The van der Waals surface area contributed by atoms with Gasteiger partial charge in [0, 0.05) is 12.0 Å². The van der Waals surface area contributed by atoms with Crippen LogP contribution in [0.4, 0.5) is 10.2 Å². The molecule has 11 heteroatoms. The minimum absolute atomic E-state index is 0.169. The van der Waals surface area contributed by atoms with Crippen molar-refractivity contribution in [2.24, 2.45) is 11.7 Å². The topological polar surface area (TPSA) is 163 Å². The monoisotopic (exact) mass is 495 g/mol. The van der Waals surface area contributed by atoms with Crippen LogP contribution in [0.15, 0.2) is 71.7 Å². The Labute approximate surface area is 205 Å². The van der Waals surface area contributed by atoms with Gasteiger partial charge in [-0.3, -0.25) is 19.9 Å². The van der Waals surface area contributed by atoms with E-state index in [9.17, 15) is 23.9 Å². The zero-order valence-corrected chi connectivity index (χ0v) is 19.2. The van der Waals surface area contributed by atoms with Gasteiger partial charge in [-0.05, 0) is 24.1 Å². The normalized spacial score (nSPS) is 22.2. The summed E-state index contributed by atoms with van der Waals surface area (Å²) < 4.78 is 20.5. The zero-order chi connectivity index (χ0) is 25.9. The SMILES string of the molecule is Nc1nc(=O)n([C@@]2(N)C[C@H](C(=O)[C@H](Cc3ccccc3)NC(=O)c3ccccc3)[C@@H](CO)O2)cc1F. The molecule has 4 atom stereocenters. The highest BCUT2D eigenvalue weighted by Crippen LogP contribution is 2.36. The number of ketones is 1. The summed E-state index contributed by atoms with van der Waals surface area (Å²) >= 11 is 0. The van der Waals surface area contributed by atoms with Crippen molar-refractivity contribution in [3.8, 4) is 0 Å². The number of nitrogens with two attached hydrogens (primary N) is 2. The van der Waals surface area contributed by atoms with Gasteiger partial charge >= 0.3 is 5.69 Å². The van der Waals surface area contributed by atoms with Gasteiger partial charge in [0.1, 0.15) is 0 Å². The van der Waals surface area contributed by atoms with Gasteiger partial charge in [0.25, 0.3) is 5.91 Å². The van der Waals surface area contributed by atoms with E-state index in [0.29, 0.717) is 10.1 Å². The standard InChI is InChI=1S/C25H26FN5O5/c26-18-13-31(24(35)30-22(18)27)25(28)12-17(20(14-32)36-25)21(33)19(11-15-7-3-1-4-8-15)29-23(34)16-9-5-2-6-10-16/h1-10,13,17,19-20,32H,11-12,14,28H2,(H,29,34)(H2,27,30,35)/t17-,19-,20+,25-/m0/s1. The fourth-order valence-corrected chi connectivity index (χ4v) is 4.32. The molecule has 0 spiro atoms. The highest BCUT2D eigenvalue weighted by Gasteiger charge is 2.50. The lowest BCUT2D eigenvalue weighted by Gasteiger charge is -2.26. The van der Waals surface area contributed by atoms with Gasteiger partial charge in [-0.1, -0.05) is 48.5 Å². The number of rotatable bonds is 8. The van der Waals surface area contributed by atoms with E-state index in [-0.39, 0.29) is 12.8 Å². The first kappa shape index (κ1) is 25.2. The number of aliphatic hydroxyl groups is 1. The third kappa shape index (κ3) is 5.18. The molecule has 0 unspecified atom stereocenters. The Morgan fingerprint density at radius 2 is 1.83 bits per heavy atom. The number of aliphatic hydroxyl groups excluding tert-OH is 1. The molecule has 2 heterocycles. The number of amides is 1. The summed E-state index contributed by atoms with van der Waals surface area (Å²) in [5.74, 6) is -5.48. The fourth-order valence-electron chi connectivity index (χ4n) is 4.32. The second kappa shape index (κ2) is 10.4. The molecule has 1 fully saturated rings. The number of carbonyl (C=O) groups excluding carboxylic acids is 2. The van der Waals surface area contributed by atoms with Gasteiger partial charge in [-0.25, -0.2) is 9.18 Å². The molecule has 6 N–H and O–H groups in total. The lowest BCUT2D eigenvalue weighted by atomic mass is 9.87.